The maximum absolute atomic E-state index is 2.25. The lowest BCUT2D eigenvalue weighted by atomic mass is 9.95. The molecule has 0 nitrogen and oxygen atoms in total. The standard InChI is InChI=1S/C19H18/c1-3-7-16(8-4-1)15-17-11-13-19(14-12-17)18-9-5-2-6-10-18/h1-5,7-9,11-14H,6,10,15H2. The Morgan fingerprint density at radius 2 is 1.53 bits per heavy atom. The Morgan fingerprint density at radius 3 is 2.21 bits per heavy atom. The highest BCUT2D eigenvalue weighted by atomic mass is 14.1. The molecule has 0 radical (unpaired) electrons. The molecule has 0 saturated heterocycles. The monoisotopic (exact) mass is 246 g/mol. The van der Waals surface area contributed by atoms with Crippen LogP contribution in [0.25, 0.3) is 5.57 Å². The van der Waals surface area contributed by atoms with E-state index in [2.05, 4.69) is 72.8 Å². The molecule has 0 spiro atoms. The van der Waals surface area contributed by atoms with Crippen LogP contribution in [0.1, 0.15) is 29.5 Å². The smallest absolute Gasteiger partial charge is 0.00258 e. The lowest BCUT2D eigenvalue weighted by Gasteiger charge is -2.10. The molecule has 0 aliphatic heterocycles. The highest BCUT2D eigenvalue weighted by Crippen LogP contribution is 2.24. The van der Waals surface area contributed by atoms with Gasteiger partial charge in [0, 0.05) is 0 Å². The minimum Gasteiger partial charge on any atom is -0.0842 e. The summed E-state index contributed by atoms with van der Waals surface area (Å²) < 4.78 is 0. The zero-order valence-corrected chi connectivity index (χ0v) is 11.0. The van der Waals surface area contributed by atoms with Crippen molar-refractivity contribution >= 4 is 5.57 Å². The van der Waals surface area contributed by atoms with Gasteiger partial charge in [-0.05, 0) is 41.5 Å². The van der Waals surface area contributed by atoms with Gasteiger partial charge in [0.25, 0.3) is 0 Å². The van der Waals surface area contributed by atoms with Gasteiger partial charge in [-0.15, -0.1) is 0 Å². The molecule has 94 valence electrons. The van der Waals surface area contributed by atoms with E-state index in [0.29, 0.717) is 0 Å². The van der Waals surface area contributed by atoms with Crippen molar-refractivity contribution < 1.29 is 0 Å². The molecule has 3 rings (SSSR count). The molecule has 0 heteroatoms. The molecule has 0 fully saturated rings. The molecule has 0 unspecified atom stereocenters. The topological polar surface area (TPSA) is 0 Å². The summed E-state index contributed by atoms with van der Waals surface area (Å²) in [6.45, 7) is 0. The number of hydrogen-bond acceptors (Lipinski definition) is 0. The van der Waals surface area contributed by atoms with E-state index in [1.807, 2.05) is 0 Å². The Bertz CT molecular complexity index is 586. The third-order valence-electron chi connectivity index (χ3n) is 3.59. The van der Waals surface area contributed by atoms with Crippen LogP contribution in [-0.2, 0) is 6.42 Å². The van der Waals surface area contributed by atoms with Gasteiger partial charge in [-0.1, -0.05) is 72.8 Å². The molecule has 0 amide bonds. The fraction of sp³-hybridized carbons (Fsp3) is 0.158. The minimum atomic E-state index is 1.01. The molecule has 0 aromatic heterocycles. The zero-order valence-electron chi connectivity index (χ0n) is 11.0. The Morgan fingerprint density at radius 1 is 0.789 bits per heavy atom. The van der Waals surface area contributed by atoms with Crippen LogP contribution in [0.15, 0.2) is 72.8 Å². The van der Waals surface area contributed by atoms with Gasteiger partial charge in [-0.3, -0.25) is 0 Å². The van der Waals surface area contributed by atoms with Gasteiger partial charge in [0.1, 0.15) is 0 Å². The Balaban J connectivity index is 1.76. The lowest BCUT2D eigenvalue weighted by Crippen LogP contribution is -1.91. The summed E-state index contributed by atoms with van der Waals surface area (Å²) >= 11 is 0. The van der Waals surface area contributed by atoms with Crippen LogP contribution in [0.2, 0.25) is 0 Å². The maximum Gasteiger partial charge on any atom is -0.00258 e. The van der Waals surface area contributed by atoms with E-state index in [4.69, 9.17) is 0 Å². The van der Waals surface area contributed by atoms with E-state index in [0.717, 1.165) is 19.3 Å². The minimum absolute atomic E-state index is 1.01. The summed E-state index contributed by atoms with van der Waals surface area (Å²) in [5.74, 6) is 0. The first-order chi connectivity index (χ1) is 9.42. The maximum atomic E-state index is 2.25. The van der Waals surface area contributed by atoms with Gasteiger partial charge < -0.3 is 0 Å². The predicted molar refractivity (Wildman–Crippen MR) is 82.0 cm³/mol. The molecule has 0 bridgehead atoms. The Labute approximate surface area is 115 Å². The summed E-state index contributed by atoms with van der Waals surface area (Å²) in [4.78, 5) is 0. The van der Waals surface area contributed by atoms with Gasteiger partial charge in [0.15, 0.2) is 0 Å². The van der Waals surface area contributed by atoms with Gasteiger partial charge in [0.05, 0.1) is 0 Å². The molecule has 19 heavy (non-hydrogen) atoms. The van der Waals surface area contributed by atoms with Crippen molar-refractivity contribution in [1.29, 1.82) is 0 Å². The average molecular weight is 246 g/mol. The molecule has 2 aromatic carbocycles. The molecular weight excluding hydrogens is 228 g/mol. The Kier molecular flexibility index (Phi) is 3.60. The van der Waals surface area contributed by atoms with Crippen LogP contribution in [0.3, 0.4) is 0 Å². The molecule has 0 saturated carbocycles. The molecule has 1 aliphatic carbocycles. The third-order valence-corrected chi connectivity index (χ3v) is 3.59. The van der Waals surface area contributed by atoms with Crippen molar-refractivity contribution in [3.05, 3.63) is 89.5 Å². The van der Waals surface area contributed by atoms with E-state index < -0.39 is 0 Å². The van der Waals surface area contributed by atoms with Crippen LogP contribution in [0.4, 0.5) is 0 Å². The first kappa shape index (κ1) is 12.0. The van der Waals surface area contributed by atoms with Crippen molar-refractivity contribution in [1.82, 2.24) is 0 Å². The molecule has 0 N–H and O–H groups in total. The highest BCUT2D eigenvalue weighted by Gasteiger charge is 2.03. The molecule has 0 heterocycles. The number of hydrogen-bond donors (Lipinski definition) is 0. The molecule has 2 aromatic rings. The van der Waals surface area contributed by atoms with Crippen molar-refractivity contribution in [2.75, 3.05) is 0 Å². The summed E-state index contributed by atoms with van der Waals surface area (Å²) in [5, 5.41) is 0. The Hall–Kier alpha value is -2.08. The van der Waals surface area contributed by atoms with E-state index in [-0.39, 0.29) is 0 Å². The number of allylic oxidation sites excluding steroid dienone is 4. The van der Waals surface area contributed by atoms with E-state index in [1.54, 1.807) is 0 Å². The lowest BCUT2D eigenvalue weighted by molar-refractivity contribution is 1.05. The van der Waals surface area contributed by atoms with Crippen LogP contribution in [0.5, 0.6) is 0 Å². The molecule has 1 aliphatic rings. The fourth-order valence-corrected chi connectivity index (χ4v) is 2.51. The van der Waals surface area contributed by atoms with Crippen molar-refractivity contribution in [3.63, 3.8) is 0 Å². The highest BCUT2D eigenvalue weighted by molar-refractivity contribution is 5.68. The van der Waals surface area contributed by atoms with Crippen LogP contribution >= 0.6 is 0 Å². The summed E-state index contributed by atoms with van der Waals surface area (Å²) in [7, 11) is 0. The largest absolute Gasteiger partial charge is 0.0842 e. The summed E-state index contributed by atoms with van der Waals surface area (Å²) in [5.41, 5.74) is 5.56. The van der Waals surface area contributed by atoms with Gasteiger partial charge >= 0.3 is 0 Å². The van der Waals surface area contributed by atoms with E-state index in [9.17, 15) is 0 Å². The van der Waals surface area contributed by atoms with Crippen LogP contribution in [-0.4, -0.2) is 0 Å². The van der Waals surface area contributed by atoms with Gasteiger partial charge in [-0.2, -0.15) is 0 Å². The van der Waals surface area contributed by atoms with Crippen molar-refractivity contribution in [2.24, 2.45) is 0 Å². The number of benzene rings is 2. The third kappa shape index (κ3) is 3.03. The summed E-state index contributed by atoms with van der Waals surface area (Å²) in [6, 6.07) is 19.6. The SMILES string of the molecule is C1=CCCC(c2ccc(Cc3ccccc3)cc2)=C1. The zero-order chi connectivity index (χ0) is 12.9. The average Bonchev–Trinajstić information content (AvgIpc) is 2.50. The molecule has 0 atom stereocenters. The normalized spacial score (nSPS) is 14.2. The fourth-order valence-electron chi connectivity index (χ4n) is 2.51. The second-order valence-electron chi connectivity index (χ2n) is 5.02. The quantitative estimate of drug-likeness (QED) is 0.714. The second-order valence-corrected chi connectivity index (χ2v) is 5.02. The van der Waals surface area contributed by atoms with Crippen LogP contribution in [0, 0.1) is 0 Å². The number of rotatable bonds is 3. The first-order valence-electron chi connectivity index (χ1n) is 6.91. The molecular formula is C19H18. The first-order valence-corrected chi connectivity index (χ1v) is 6.91. The van der Waals surface area contributed by atoms with E-state index >= 15 is 0 Å². The predicted octanol–water partition coefficient (Wildman–Crippen LogP) is 5.01. The van der Waals surface area contributed by atoms with Gasteiger partial charge in [-0.25, -0.2) is 0 Å². The van der Waals surface area contributed by atoms with Gasteiger partial charge in [0.2, 0.25) is 0 Å². The van der Waals surface area contributed by atoms with E-state index in [1.165, 1.54) is 22.3 Å². The van der Waals surface area contributed by atoms with Crippen molar-refractivity contribution in [2.45, 2.75) is 19.3 Å². The van der Waals surface area contributed by atoms with Crippen LogP contribution < -0.4 is 0 Å². The second kappa shape index (κ2) is 5.71. The van der Waals surface area contributed by atoms with Crippen molar-refractivity contribution in [3.8, 4) is 0 Å². The summed E-state index contributed by atoms with van der Waals surface area (Å²) in [6.07, 6.45) is 9.96.